The van der Waals surface area contributed by atoms with E-state index in [9.17, 15) is 10.2 Å². The number of hydrogen-bond donors (Lipinski definition) is 2. The number of hydrogen-bond acceptors (Lipinski definition) is 2. The molecular formula is C24H26O2. The Hall–Kier alpha value is -3.00. The predicted octanol–water partition coefficient (Wildman–Crippen LogP) is 6.29. The van der Waals surface area contributed by atoms with Crippen molar-refractivity contribution < 1.29 is 10.2 Å². The van der Waals surface area contributed by atoms with Gasteiger partial charge in [-0.15, -0.1) is 13.2 Å². The van der Waals surface area contributed by atoms with Gasteiger partial charge in [0.2, 0.25) is 0 Å². The van der Waals surface area contributed by atoms with Crippen LogP contribution < -0.4 is 0 Å². The van der Waals surface area contributed by atoms with Gasteiger partial charge in [0.1, 0.15) is 0 Å². The number of aromatic hydroxyl groups is 2. The molecule has 2 aromatic rings. The molecule has 0 atom stereocenters. The van der Waals surface area contributed by atoms with Gasteiger partial charge in [0, 0.05) is 11.1 Å². The first-order valence-corrected chi connectivity index (χ1v) is 8.76. The van der Waals surface area contributed by atoms with E-state index in [-0.39, 0.29) is 11.5 Å². The lowest BCUT2D eigenvalue weighted by Crippen LogP contribution is -2.00. The number of benzene rings is 2. The van der Waals surface area contributed by atoms with Gasteiger partial charge in [-0.3, -0.25) is 0 Å². The van der Waals surface area contributed by atoms with E-state index in [4.69, 9.17) is 0 Å². The molecule has 0 aliphatic carbocycles. The lowest BCUT2D eigenvalue weighted by Gasteiger charge is -2.20. The molecule has 0 heterocycles. The van der Waals surface area contributed by atoms with Crippen LogP contribution in [-0.2, 0) is 12.8 Å². The summed E-state index contributed by atoms with van der Waals surface area (Å²) in [5.41, 5.74) is 5.09. The second-order valence-electron chi connectivity index (χ2n) is 6.05. The van der Waals surface area contributed by atoms with Crippen LogP contribution in [0.15, 0.2) is 61.7 Å². The fourth-order valence-corrected chi connectivity index (χ4v) is 3.23. The Morgan fingerprint density at radius 1 is 0.885 bits per heavy atom. The van der Waals surface area contributed by atoms with Crippen LogP contribution in [0, 0.1) is 0 Å². The maximum absolute atomic E-state index is 10.8. The Kier molecular flexibility index (Phi) is 6.62. The minimum atomic E-state index is -0.0930. The van der Waals surface area contributed by atoms with Crippen LogP contribution in [0.1, 0.15) is 36.1 Å². The molecule has 2 aromatic carbocycles. The first kappa shape index (κ1) is 19.3. The van der Waals surface area contributed by atoms with Crippen LogP contribution in [0.2, 0.25) is 0 Å². The van der Waals surface area contributed by atoms with Crippen molar-refractivity contribution in [3.63, 3.8) is 0 Å². The number of allylic oxidation sites excluding steroid dienone is 4. The topological polar surface area (TPSA) is 40.5 Å². The highest BCUT2D eigenvalue weighted by Gasteiger charge is 2.22. The van der Waals surface area contributed by atoms with Crippen LogP contribution in [0.4, 0.5) is 0 Å². The van der Waals surface area contributed by atoms with Crippen molar-refractivity contribution in [2.75, 3.05) is 0 Å². The first-order valence-electron chi connectivity index (χ1n) is 8.76. The molecule has 2 N–H and O–H groups in total. The van der Waals surface area contributed by atoms with E-state index in [1.165, 1.54) is 0 Å². The maximum atomic E-state index is 10.8. The van der Waals surface area contributed by atoms with E-state index in [0.29, 0.717) is 24.0 Å². The minimum Gasteiger partial charge on any atom is -0.504 e. The van der Waals surface area contributed by atoms with Crippen LogP contribution in [0.3, 0.4) is 0 Å². The monoisotopic (exact) mass is 346 g/mol. The van der Waals surface area contributed by atoms with Gasteiger partial charge < -0.3 is 10.2 Å². The Balaban J connectivity index is 2.89. The summed E-state index contributed by atoms with van der Waals surface area (Å²) < 4.78 is 0. The molecule has 0 radical (unpaired) electrons. The molecule has 134 valence electrons. The molecule has 0 aliphatic rings. The van der Waals surface area contributed by atoms with Crippen molar-refractivity contribution in [3.05, 3.63) is 84.0 Å². The number of rotatable bonds is 7. The molecule has 0 aliphatic heterocycles. The standard InChI is InChI=1S/C24H26O2/c1-5-10-17-14-9-15-18(16-17)22-20(12-7-3)19(11-6-2)21(13-8-4)23(25)24(22)26/h5-11,14-16,25-26H,3-4,12-13H2,1-2H3. The summed E-state index contributed by atoms with van der Waals surface area (Å²) in [6, 6.07) is 7.91. The third-order valence-corrected chi connectivity index (χ3v) is 4.26. The van der Waals surface area contributed by atoms with Crippen LogP contribution in [-0.4, -0.2) is 10.2 Å². The second kappa shape index (κ2) is 8.91. The number of phenols is 2. The molecule has 0 fully saturated rings. The summed E-state index contributed by atoms with van der Waals surface area (Å²) in [4.78, 5) is 0. The first-order chi connectivity index (χ1) is 12.6. The quantitative estimate of drug-likeness (QED) is 0.457. The van der Waals surface area contributed by atoms with Crippen LogP contribution in [0.5, 0.6) is 11.5 Å². The van der Waals surface area contributed by atoms with E-state index in [2.05, 4.69) is 13.2 Å². The van der Waals surface area contributed by atoms with Crippen LogP contribution in [0.25, 0.3) is 23.3 Å². The molecule has 0 unspecified atom stereocenters. The second-order valence-corrected chi connectivity index (χ2v) is 6.05. The van der Waals surface area contributed by atoms with E-state index in [1.54, 1.807) is 6.08 Å². The summed E-state index contributed by atoms with van der Waals surface area (Å²) in [7, 11) is 0. The van der Waals surface area contributed by atoms with Gasteiger partial charge in [-0.2, -0.15) is 0 Å². The smallest absolute Gasteiger partial charge is 0.166 e. The van der Waals surface area contributed by atoms with Gasteiger partial charge in [-0.05, 0) is 55.0 Å². The zero-order valence-corrected chi connectivity index (χ0v) is 15.5. The van der Waals surface area contributed by atoms with Crippen LogP contribution >= 0.6 is 0 Å². The molecule has 0 saturated heterocycles. The molecule has 2 rings (SSSR count). The van der Waals surface area contributed by atoms with Crippen molar-refractivity contribution >= 4 is 12.2 Å². The highest BCUT2D eigenvalue weighted by Crippen LogP contribution is 2.45. The molecular weight excluding hydrogens is 320 g/mol. The lowest BCUT2D eigenvalue weighted by molar-refractivity contribution is 0.401. The zero-order valence-electron chi connectivity index (χ0n) is 15.5. The van der Waals surface area contributed by atoms with Gasteiger partial charge in [0.25, 0.3) is 0 Å². The molecule has 0 spiro atoms. The van der Waals surface area contributed by atoms with Gasteiger partial charge in [-0.25, -0.2) is 0 Å². The highest BCUT2D eigenvalue weighted by molar-refractivity contribution is 5.84. The van der Waals surface area contributed by atoms with Gasteiger partial charge in [0.15, 0.2) is 11.5 Å². The van der Waals surface area contributed by atoms with Crippen molar-refractivity contribution in [1.29, 1.82) is 0 Å². The van der Waals surface area contributed by atoms with E-state index in [0.717, 1.165) is 22.3 Å². The molecule has 26 heavy (non-hydrogen) atoms. The summed E-state index contributed by atoms with van der Waals surface area (Å²) in [5, 5.41) is 21.5. The summed E-state index contributed by atoms with van der Waals surface area (Å²) >= 11 is 0. The van der Waals surface area contributed by atoms with Crippen molar-refractivity contribution in [2.24, 2.45) is 0 Å². The maximum Gasteiger partial charge on any atom is 0.166 e. The van der Waals surface area contributed by atoms with Gasteiger partial charge >= 0.3 is 0 Å². The lowest BCUT2D eigenvalue weighted by atomic mass is 9.86. The molecule has 2 heteroatoms. The third-order valence-electron chi connectivity index (χ3n) is 4.26. The molecule has 0 amide bonds. The average Bonchev–Trinajstić information content (AvgIpc) is 2.63. The number of phenolic OH excluding ortho intramolecular Hbond substituents is 2. The third kappa shape index (κ3) is 3.80. The average molecular weight is 346 g/mol. The Labute approximate surface area is 156 Å². The Morgan fingerprint density at radius 2 is 1.54 bits per heavy atom. The predicted molar refractivity (Wildman–Crippen MR) is 112 cm³/mol. The SMILES string of the molecule is C=CCc1c(O)c(O)c(-c2cccc(C=CC)c2)c(CC=C)c1C=CC. The summed E-state index contributed by atoms with van der Waals surface area (Å²) in [6.45, 7) is 11.5. The zero-order chi connectivity index (χ0) is 19.1. The summed E-state index contributed by atoms with van der Waals surface area (Å²) in [6.07, 6.45) is 12.5. The normalized spacial score (nSPS) is 11.3. The largest absolute Gasteiger partial charge is 0.504 e. The summed E-state index contributed by atoms with van der Waals surface area (Å²) in [5.74, 6) is -0.179. The molecule has 0 aromatic heterocycles. The Bertz CT molecular complexity index is 870. The fourth-order valence-electron chi connectivity index (χ4n) is 3.23. The fraction of sp³-hybridized carbons (Fsp3) is 0.167. The van der Waals surface area contributed by atoms with Crippen molar-refractivity contribution in [2.45, 2.75) is 26.7 Å². The van der Waals surface area contributed by atoms with Gasteiger partial charge in [0.05, 0.1) is 0 Å². The molecule has 2 nitrogen and oxygen atoms in total. The van der Waals surface area contributed by atoms with E-state index in [1.807, 2.05) is 68.5 Å². The molecule has 0 saturated carbocycles. The van der Waals surface area contributed by atoms with Gasteiger partial charge in [-0.1, -0.05) is 54.7 Å². The van der Waals surface area contributed by atoms with E-state index < -0.39 is 0 Å². The van der Waals surface area contributed by atoms with E-state index >= 15 is 0 Å². The minimum absolute atomic E-state index is 0.0859. The molecule has 0 bridgehead atoms. The Morgan fingerprint density at radius 3 is 2.15 bits per heavy atom. The highest BCUT2D eigenvalue weighted by atomic mass is 16.3. The van der Waals surface area contributed by atoms with Crippen molar-refractivity contribution in [3.8, 4) is 22.6 Å². The van der Waals surface area contributed by atoms with Crippen molar-refractivity contribution in [1.82, 2.24) is 0 Å².